The number of carbonyl (C=O) groups excluding carboxylic acids is 1. The highest BCUT2D eigenvalue weighted by Gasteiger charge is 2.82. The summed E-state index contributed by atoms with van der Waals surface area (Å²) in [6.45, 7) is 12.4. The predicted molar refractivity (Wildman–Crippen MR) is 115 cm³/mol. The second-order valence-corrected chi connectivity index (χ2v) is 13.0. The number of nitrogens with zero attached hydrogens (tertiary/aromatic N) is 1. The van der Waals surface area contributed by atoms with Crippen LogP contribution >= 0.6 is 0 Å². The van der Waals surface area contributed by atoms with Gasteiger partial charge in [-0.25, -0.2) is 0 Å². The van der Waals surface area contributed by atoms with Gasteiger partial charge in [-0.2, -0.15) is 0 Å². The molecule has 5 saturated carbocycles. The zero-order valence-electron chi connectivity index (χ0n) is 19.5. The molecule has 0 aromatic carbocycles. The standard InChI is InChI=1S/C26H43NO/c1-17(27(6)7)18-10-12-24(5)20-9-8-19-22(2,3)21(28)11-13-25(19)16-26(20,25)15-14-23(18,24)4/h17-20H,8-16H2,1-7H3/t17-,18+,19-,20-,23+,24-,25+,26-/m0/s1. The summed E-state index contributed by atoms with van der Waals surface area (Å²) in [6, 6.07) is 0.677. The van der Waals surface area contributed by atoms with Crippen molar-refractivity contribution in [2.24, 2.45) is 44.8 Å². The van der Waals surface area contributed by atoms with Crippen molar-refractivity contribution >= 4 is 5.78 Å². The van der Waals surface area contributed by atoms with Crippen LogP contribution in [0, 0.1) is 44.8 Å². The van der Waals surface area contributed by atoms with Crippen LogP contribution in [0.1, 0.15) is 92.4 Å². The molecular weight excluding hydrogens is 342 g/mol. The normalized spacial score (nSPS) is 55.1. The van der Waals surface area contributed by atoms with E-state index in [0.717, 1.165) is 18.3 Å². The summed E-state index contributed by atoms with van der Waals surface area (Å²) >= 11 is 0. The Morgan fingerprint density at radius 1 is 0.857 bits per heavy atom. The molecule has 0 heterocycles. The zero-order chi connectivity index (χ0) is 20.3. The maximum Gasteiger partial charge on any atom is 0.138 e. The molecule has 0 bridgehead atoms. The Hall–Kier alpha value is -0.370. The maximum absolute atomic E-state index is 12.8. The Balaban J connectivity index is 1.51. The van der Waals surface area contributed by atoms with Gasteiger partial charge in [0.15, 0.2) is 0 Å². The lowest BCUT2D eigenvalue weighted by molar-refractivity contribution is -0.157. The Morgan fingerprint density at radius 3 is 2.18 bits per heavy atom. The van der Waals surface area contributed by atoms with Gasteiger partial charge >= 0.3 is 0 Å². The van der Waals surface area contributed by atoms with Crippen LogP contribution < -0.4 is 0 Å². The summed E-state index contributed by atoms with van der Waals surface area (Å²) in [5.41, 5.74) is 2.01. The van der Waals surface area contributed by atoms with Crippen LogP contribution in [-0.2, 0) is 4.79 Å². The van der Waals surface area contributed by atoms with Gasteiger partial charge in [-0.15, -0.1) is 0 Å². The Kier molecular flexibility index (Phi) is 3.82. The van der Waals surface area contributed by atoms with E-state index in [0.29, 0.717) is 39.4 Å². The van der Waals surface area contributed by atoms with Crippen molar-refractivity contribution in [3.8, 4) is 0 Å². The molecule has 5 aliphatic carbocycles. The minimum absolute atomic E-state index is 0.0774. The average molecular weight is 386 g/mol. The monoisotopic (exact) mass is 385 g/mol. The maximum atomic E-state index is 12.8. The van der Waals surface area contributed by atoms with E-state index in [1.165, 1.54) is 51.4 Å². The fraction of sp³-hybridized carbons (Fsp3) is 0.962. The molecule has 0 unspecified atom stereocenters. The molecule has 0 aliphatic heterocycles. The van der Waals surface area contributed by atoms with Crippen LogP contribution in [0.3, 0.4) is 0 Å². The molecule has 2 heteroatoms. The van der Waals surface area contributed by atoms with Gasteiger partial charge < -0.3 is 4.90 Å². The minimum atomic E-state index is -0.0774. The van der Waals surface area contributed by atoms with Crippen LogP contribution in [-0.4, -0.2) is 30.8 Å². The van der Waals surface area contributed by atoms with Gasteiger partial charge in [0.25, 0.3) is 0 Å². The highest BCUT2D eigenvalue weighted by Crippen LogP contribution is 2.88. The highest BCUT2D eigenvalue weighted by molar-refractivity contribution is 5.86. The lowest BCUT2D eigenvalue weighted by Gasteiger charge is -2.62. The summed E-state index contributed by atoms with van der Waals surface area (Å²) < 4.78 is 0. The lowest BCUT2D eigenvalue weighted by Crippen LogP contribution is -2.57. The first-order valence-electron chi connectivity index (χ1n) is 12.2. The predicted octanol–water partition coefficient (Wildman–Crippen LogP) is 5.94. The molecule has 5 fully saturated rings. The van der Waals surface area contributed by atoms with E-state index in [2.05, 4.69) is 53.6 Å². The number of fused-ring (bicyclic) bond motifs is 2. The van der Waals surface area contributed by atoms with E-state index >= 15 is 0 Å². The summed E-state index contributed by atoms with van der Waals surface area (Å²) in [6.07, 6.45) is 11.9. The van der Waals surface area contributed by atoms with Gasteiger partial charge in [-0.1, -0.05) is 27.7 Å². The van der Waals surface area contributed by atoms with E-state index in [1.807, 2.05) is 0 Å². The summed E-state index contributed by atoms with van der Waals surface area (Å²) in [5, 5.41) is 0. The first-order valence-corrected chi connectivity index (χ1v) is 12.2. The van der Waals surface area contributed by atoms with Crippen molar-refractivity contribution < 1.29 is 4.79 Å². The van der Waals surface area contributed by atoms with E-state index in [4.69, 9.17) is 0 Å². The van der Waals surface area contributed by atoms with E-state index in [9.17, 15) is 4.79 Å². The molecule has 0 aromatic heterocycles. The third-order valence-electron chi connectivity index (χ3n) is 12.3. The van der Waals surface area contributed by atoms with Crippen molar-refractivity contribution in [2.45, 2.75) is 98.4 Å². The smallest absolute Gasteiger partial charge is 0.138 e. The third-order valence-corrected chi connectivity index (χ3v) is 12.3. The minimum Gasteiger partial charge on any atom is -0.306 e. The number of hydrogen-bond acceptors (Lipinski definition) is 2. The first kappa shape index (κ1) is 19.6. The van der Waals surface area contributed by atoms with Crippen LogP contribution in [0.15, 0.2) is 0 Å². The second-order valence-electron chi connectivity index (χ2n) is 13.0. The molecule has 0 N–H and O–H groups in total. The first-order chi connectivity index (χ1) is 13.0. The Bertz CT molecular complexity index is 711. The molecule has 0 radical (unpaired) electrons. The van der Waals surface area contributed by atoms with Crippen molar-refractivity contribution in [3.63, 3.8) is 0 Å². The molecular formula is C26H43NO. The topological polar surface area (TPSA) is 20.3 Å². The van der Waals surface area contributed by atoms with Gasteiger partial charge in [0.1, 0.15) is 5.78 Å². The fourth-order valence-corrected chi connectivity index (χ4v) is 10.3. The van der Waals surface area contributed by atoms with Crippen molar-refractivity contribution in [1.82, 2.24) is 4.90 Å². The summed E-state index contributed by atoms with van der Waals surface area (Å²) in [4.78, 5) is 15.2. The Labute approximate surface area is 173 Å². The molecule has 0 saturated heterocycles. The van der Waals surface area contributed by atoms with Crippen molar-refractivity contribution in [3.05, 3.63) is 0 Å². The highest BCUT2D eigenvalue weighted by atomic mass is 16.1. The SMILES string of the molecule is C[C@@H]([C@H]1CC[C@@]2(C)[C@@H]3CC[C@H]4C(C)(C)C(=O)CC[C@@]45C[C@@]35CC[C@]12C)N(C)C. The van der Waals surface area contributed by atoms with E-state index in [1.54, 1.807) is 0 Å². The molecule has 2 spiro atoms. The molecule has 158 valence electrons. The molecule has 5 rings (SSSR count). The molecule has 28 heavy (non-hydrogen) atoms. The van der Waals surface area contributed by atoms with Crippen LogP contribution in [0.5, 0.6) is 0 Å². The third kappa shape index (κ3) is 1.94. The molecule has 2 nitrogen and oxygen atoms in total. The number of hydrogen-bond donors (Lipinski definition) is 0. The Morgan fingerprint density at radius 2 is 1.50 bits per heavy atom. The van der Waals surface area contributed by atoms with Gasteiger partial charge in [-0.3, -0.25) is 4.79 Å². The number of carbonyl (C=O) groups is 1. The molecule has 0 aromatic rings. The van der Waals surface area contributed by atoms with E-state index < -0.39 is 0 Å². The largest absolute Gasteiger partial charge is 0.306 e. The molecule has 5 aliphatic rings. The van der Waals surface area contributed by atoms with Gasteiger partial charge in [0.2, 0.25) is 0 Å². The number of ketones is 1. The van der Waals surface area contributed by atoms with Gasteiger partial charge in [0.05, 0.1) is 0 Å². The zero-order valence-corrected chi connectivity index (χ0v) is 19.5. The fourth-order valence-electron chi connectivity index (χ4n) is 10.3. The quantitative estimate of drug-likeness (QED) is 0.586. The van der Waals surface area contributed by atoms with Crippen molar-refractivity contribution in [2.75, 3.05) is 14.1 Å². The van der Waals surface area contributed by atoms with Gasteiger partial charge in [-0.05, 0) is 112 Å². The van der Waals surface area contributed by atoms with Crippen LogP contribution in [0.25, 0.3) is 0 Å². The summed E-state index contributed by atoms with van der Waals surface area (Å²) in [5.74, 6) is 2.94. The van der Waals surface area contributed by atoms with Gasteiger partial charge in [0, 0.05) is 17.9 Å². The van der Waals surface area contributed by atoms with Crippen molar-refractivity contribution in [1.29, 1.82) is 0 Å². The lowest BCUT2D eigenvalue weighted by atomic mass is 9.42. The second kappa shape index (κ2) is 5.45. The summed E-state index contributed by atoms with van der Waals surface area (Å²) in [7, 11) is 4.55. The number of rotatable bonds is 2. The van der Waals surface area contributed by atoms with Crippen LogP contribution in [0.2, 0.25) is 0 Å². The van der Waals surface area contributed by atoms with Crippen LogP contribution in [0.4, 0.5) is 0 Å². The average Bonchev–Trinajstić information content (AvgIpc) is 3.21. The molecule has 0 amide bonds. The van der Waals surface area contributed by atoms with E-state index in [-0.39, 0.29) is 5.41 Å². The molecule has 8 atom stereocenters. The number of Topliss-reactive ketones (excluding diaryl/α,β-unsaturated/α-hetero) is 1.